The van der Waals surface area contributed by atoms with Crippen LogP contribution < -0.4 is 15.0 Å². The zero-order valence-corrected chi connectivity index (χ0v) is 16.7. The minimum Gasteiger partial charge on any atom is -0.479 e. The van der Waals surface area contributed by atoms with E-state index in [0.717, 1.165) is 12.8 Å². The first-order chi connectivity index (χ1) is 14.6. The molecule has 2 amide bonds. The fraction of sp³-hybridized carbons (Fsp3) is 0.208. The van der Waals surface area contributed by atoms with Crippen molar-refractivity contribution < 1.29 is 14.3 Å². The zero-order chi connectivity index (χ0) is 20.9. The van der Waals surface area contributed by atoms with Crippen molar-refractivity contribution in [3.05, 3.63) is 84.2 Å². The van der Waals surface area contributed by atoms with Crippen LogP contribution in [-0.4, -0.2) is 29.4 Å². The van der Waals surface area contributed by atoms with Gasteiger partial charge >= 0.3 is 0 Å². The Morgan fingerprint density at radius 2 is 1.97 bits per heavy atom. The highest BCUT2D eigenvalue weighted by Gasteiger charge is 2.31. The Morgan fingerprint density at radius 1 is 1.13 bits per heavy atom. The molecule has 6 nitrogen and oxygen atoms in total. The van der Waals surface area contributed by atoms with Gasteiger partial charge in [-0.2, -0.15) is 0 Å². The van der Waals surface area contributed by atoms with Gasteiger partial charge in [-0.25, -0.2) is 0 Å². The molecule has 4 rings (SSSR count). The number of pyridine rings is 1. The van der Waals surface area contributed by atoms with Gasteiger partial charge in [0.05, 0.1) is 11.3 Å². The molecule has 0 fully saturated rings. The van der Waals surface area contributed by atoms with Gasteiger partial charge in [-0.1, -0.05) is 30.3 Å². The third-order valence-corrected chi connectivity index (χ3v) is 5.04. The zero-order valence-electron chi connectivity index (χ0n) is 16.7. The minimum atomic E-state index is -0.537. The molecule has 3 aromatic rings. The van der Waals surface area contributed by atoms with E-state index < -0.39 is 6.10 Å². The Bertz CT molecular complexity index is 1040. The van der Waals surface area contributed by atoms with Crippen molar-refractivity contribution in [2.24, 2.45) is 0 Å². The number of carbonyl (C=O) groups excluding carboxylic acids is 2. The molecule has 1 atom stereocenters. The van der Waals surface area contributed by atoms with Gasteiger partial charge in [0.25, 0.3) is 11.8 Å². The van der Waals surface area contributed by atoms with E-state index >= 15 is 0 Å². The van der Waals surface area contributed by atoms with E-state index in [0.29, 0.717) is 29.2 Å². The predicted molar refractivity (Wildman–Crippen MR) is 116 cm³/mol. The minimum absolute atomic E-state index is 0.0775. The van der Waals surface area contributed by atoms with Crippen molar-refractivity contribution in [2.75, 3.05) is 16.8 Å². The lowest BCUT2D eigenvalue weighted by molar-refractivity contribution is -0.125. The number of benzene rings is 2. The van der Waals surface area contributed by atoms with Crippen LogP contribution in [-0.2, 0) is 11.2 Å². The number of anilines is 2. The molecule has 1 unspecified atom stereocenters. The highest BCUT2D eigenvalue weighted by Crippen LogP contribution is 2.36. The lowest BCUT2D eigenvalue weighted by Crippen LogP contribution is -2.45. The third-order valence-electron chi connectivity index (χ3n) is 5.04. The average Bonchev–Trinajstić information content (AvgIpc) is 2.78. The first-order valence-corrected chi connectivity index (χ1v) is 9.99. The summed E-state index contributed by atoms with van der Waals surface area (Å²) in [7, 11) is 0. The molecule has 152 valence electrons. The lowest BCUT2D eigenvalue weighted by atomic mass is 10.1. The SMILES string of the molecule is CC1Oc2ccc(NC(=O)c3cccnc3)cc2N(CCCc2ccccc2)C1=O. The maximum atomic E-state index is 12.8. The maximum absolute atomic E-state index is 12.8. The summed E-state index contributed by atoms with van der Waals surface area (Å²) >= 11 is 0. The van der Waals surface area contributed by atoms with Crippen molar-refractivity contribution in [1.82, 2.24) is 4.98 Å². The van der Waals surface area contributed by atoms with Crippen LogP contribution in [0.5, 0.6) is 5.75 Å². The van der Waals surface area contributed by atoms with E-state index in [1.54, 1.807) is 48.4 Å². The molecule has 2 aromatic carbocycles. The van der Waals surface area contributed by atoms with Gasteiger partial charge in [0.2, 0.25) is 0 Å². The van der Waals surface area contributed by atoms with Gasteiger partial charge in [0, 0.05) is 24.6 Å². The molecular weight excluding hydrogens is 378 g/mol. The Labute approximate surface area is 175 Å². The molecule has 1 aliphatic heterocycles. The van der Waals surface area contributed by atoms with Crippen LogP contribution in [0.1, 0.15) is 29.3 Å². The van der Waals surface area contributed by atoms with Crippen LogP contribution in [0.25, 0.3) is 0 Å². The number of aromatic nitrogens is 1. The molecule has 1 aromatic heterocycles. The van der Waals surface area contributed by atoms with E-state index in [1.807, 2.05) is 18.2 Å². The number of fused-ring (bicyclic) bond motifs is 1. The number of hydrogen-bond acceptors (Lipinski definition) is 4. The van der Waals surface area contributed by atoms with E-state index in [1.165, 1.54) is 11.8 Å². The predicted octanol–water partition coefficient (Wildman–Crippen LogP) is 4.08. The van der Waals surface area contributed by atoms with Crippen molar-refractivity contribution in [2.45, 2.75) is 25.9 Å². The number of ether oxygens (including phenoxy) is 1. The monoisotopic (exact) mass is 401 g/mol. The molecule has 2 heterocycles. The maximum Gasteiger partial charge on any atom is 0.267 e. The van der Waals surface area contributed by atoms with Crippen molar-refractivity contribution in [1.29, 1.82) is 0 Å². The number of amides is 2. The molecule has 0 bridgehead atoms. The van der Waals surface area contributed by atoms with Crippen LogP contribution in [0.3, 0.4) is 0 Å². The quantitative estimate of drug-likeness (QED) is 0.676. The number of nitrogens with one attached hydrogen (secondary N) is 1. The van der Waals surface area contributed by atoms with Crippen LogP contribution in [0.4, 0.5) is 11.4 Å². The second-order valence-electron chi connectivity index (χ2n) is 7.22. The smallest absolute Gasteiger partial charge is 0.267 e. The summed E-state index contributed by atoms with van der Waals surface area (Å²) < 4.78 is 5.77. The third kappa shape index (κ3) is 4.33. The van der Waals surface area contributed by atoms with Crippen LogP contribution in [0, 0.1) is 0 Å². The number of nitrogens with zero attached hydrogens (tertiary/aromatic N) is 2. The lowest BCUT2D eigenvalue weighted by Gasteiger charge is -2.33. The summed E-state index contributed by atoms with van der Waals surface area (Å²) in [5, 5.41) is 2.86. The highest BCUT2D eigenvalue weighted by molar-refractivity contribution is 6.05. The van der Waals surface area contributed by atoms with Crippen LogP contribution in [0.2, 0.25) is 0 Å². The number of hydrogen-bond donors (Lipinski definition) is 1. The van der Waals surface area contributed by atoms with Gasteiger partial charge in [-0.3, -0.25) is 14.6 Å². The Kier molecular flexibility index (Phi) is 5.75. The van der Waals surface area contributed by atoms with Gasteiger partial charge in [0.1, 0.15) is 5.75 Å². The van der Waals surface area contributed by atoms with E-state index in [4.69, 9.17) is 4.74 Å². The number of rotatable bonds is 6. The highest BCUT2D eigenvalue weighted by atomic mass is 16.5. The van der Waals surface area contributed by atoms with Crippen LogP contribution >= 0.6 is 0 Å². The molecular formula is C24H23N3O3. The number of aryl methyl sites for hydroxylation is 1. The average molecular weight is 401 g/mol. The molecule has 1 N–H and O–H groups in total. The summed E-state index contributed by atoms with van der Waals surface area (Å²) in [5.74, 6) is 0.308. The van der Waals surface area contributed by atoms with Crippen molar-refractivity contribution >= 4 is 23.2 Å². The van der Waals surface area contributed by atoms with Gasteiger partial charge in [0.15, 0.2) is 6.10 Å². The summed E-state index contributed by atoms with van der Waals surface area (Å²) in [5.41, 5.74) is 2.98. The summed E-state index contributed by atoms with van der Waals surface area (Å²) in [6.07, 6.45) is 4.30. The second-order valence-corrected chi connectivity index (χ2v) is 7.22. The first-order valence-electron chi connectivity index (χ1n) is 9.99. The van der Waals surface area contributed by atoms with E-state index in [-0.39, 0.29) is 11.8 Å². The van der Waals surface area contributed by atoms with E-state index in [9.17, 15) is 9.59 Å². The Morgan fingerprint density at radius 3 is 2.73 bits per heavy atom. The number of carbonyl (C=O) groups is 2. The van der Waals surface area contributed by atoms with Gasteiger partial charge in [-0.05, 0) is 55.7 Å². The molecule has 0 saturated carbocycles. The largest absolute Gasteiger partial charge is 0.479 e. The van der Waals surface area contributed by atoms with Gasteiger partial charge in [-0.15, -0.1) is 0 Å². The van der Waals surface area contributed by atoms with Crippen molar-refractivity contribution in [3.8, 4) is 5.75 Å². The fourth-order valence-electron chi connectivity index (χ4n) is 3.50. The molecule has 30 heavy (non-hydrogen) atoms. The van der Waals surface area contributed by atoms with Crippen LogP contribution in [0.15, 0.2) is 73.1 Å². The topological polar surface area (TPSA) is 71.5 Å². The van der Waals surface area contributed by atoms with E-state index in [2.05, 4.69) is 22.4 Å². The molecule has 1 aliphatic rings. The standard InChI is InChI=1S/C24H23N3O3/c1-17-24(29)27(14-6-9-18-7-3-2-4-8-18)21-15-20(11-12-22(21)30-17)26-23(28)19-10-5-13-25-16-19/h2-5,7-8,10-13,15-17H,6,9,14H2,1H3,(H,26,28). The first kappa shape index (κ1) is 19.6. The summed E-state index contributed by atoms with van der Waals surface area (Å²) in [6.45, 7) is 2.34. The Hall–Kier alpha value is -3.67. The summed E-state index contributed by atoms with van der Waals surface area (Å²) in [6, 6.07) is 19.0. The van der Waals surface area contributed by atoms with Crippen molar-refractivity contribution in [3.63, 3.8) is 0 Å². The second kappa shape index (κ2) is 8.78. The fourth-order valence-corrected chi connectivity index (χ4v) is 3.50. The molecule has 0 spiro atoms. The molecule has 0 saturated heterocycles. The summed E-state index contributed by atoms with van der Waals surface area (Å²) in [4.78, 5) is 31.0. The molecule has 0 aliphatic carbocycles. The van der Waals surface area contributed by atoms with Gasteiger partial charge < -0.3 is 15.0 Å². The molecule has 6 heteroatoms. The Balaban J connectivity index is 1.51. The normalized spacial score (nSPS) is 15.3. The molecule has 0 radical (unpaired) electrons.